The van der Waals surface area contributed by atoms with Crippen LogP contribution in [0, 0.1) is 11.8 Å². The fraction of sp³-hybridized carbons (Fsp3) is 0.419. The van der Waals surface area contributed by atoms with Crippen molar-refractivity contribution in [3.8, 4) is 11.5 Å². The molecule has 6 heteroatoms. The molecule has 37 heavy (non-hydrogen) atoms. The van der Waals surface area contributed by atoms with E-state index in [0.717, 1.165) is 41.4 Å². The molecule has 0 heterocycles. The average Bonchev–Trinajstić information content (AvgIpc) is 2.93. The van der Waals surface area contributed by atoms with Gasteiger partial charge in [0.25, 0.3) is 0 Å². The second-order valence-electron chi connectivity index (χ2n) is 9.81. The van der Waals surface area contributed by atoms with Crippen molar-refractivity contribution in [1.29, 1.82) is 0 Å². The van der Waals surface area contributed by atoms with E-state index in [1.54, 1.807) is 14.2 Å². The van der Waals surface area contributed by atoms with E-state index in [4.69, 9.17) is 9.47 Å². The highest BCUT2D eigenvalue weighted by atomic mass is 16.5. The molecule has 3 aromatic rings. The Bertz CT molecular complexity index is 1030. The molecule has 0 unspecified atom stereocenters. The number of hydrogen-bond acceptors (Lipinski definition) is 6. The van der Waals surface area contributed by atoms with Gasteiger partial charge in [-0.1, -0.05) is 45.4 Å². The third kappa shape index (κ3) is 8.32. The molecule has 0 aromatic heterocycles. The number of hydrogen-bond donors (Lipinski definition) is 4. The van der Waals surface area contributed by atoms with Gasteiger partial charge in [-0.3, -0.25) is 0 Å². The van der Waals surface area contributed by atoms with E-state index in [1.165, 1.54) is 0 Å². The smallest absolute Gasteiger partial charge is 0.119 e. The number of nitrogens with one attached hydrogen (secondary N) is 3. The molecule has 0 aliphatic rings. The summed E-state index contributed by atoms with van der Waals surface area (Å²) in [5, 5.41) is 22.6. The Balaban J connectivity index is 1.95. The van der Waals surface area contributed by atoms with Crippen molar-refractivity contribution in [2.45, 2.75) is 51.8 Å². The summed E-state index contributed by atoms with van der Waals surface area (Å²) in [5.74, 6) is 1.77. The topological polar surface area (TPSA) is 74.8 Å². The normalized spacial score (nSPS) is 14.4. The minimum atomic E-state index is -0.554. The molecule has 6 nitrogen and oxygen atoms in total. The molecule has 0 amide bonds. The van der Waals surface area contributed by atoms with E-state index >= 15 is 0 Å². The Kier molecular flexibility index (Phi) is 11.0. The molecule has 3 rings (SSSR count). The van der Waals surface area contributed by atoms with Crippen molar-refractivity contribution in [3.05, 3.63) is 78.9 Å². The van der Waals surface area contributed by atoms with E-state index in [2.05, 4.69) is 48.9 Å². The van der Waals surface area contributed by atoms with Gasteiger partial charge in [0.2, 0.25) is 0 Å². The zero-order chi connectivity index (χ0) is 26.6. The van der Waals surface area contributed by atoms with Gasteiger partial charge < -0.3 is 30.5 Å². The van der Waals surface area contributed by atoms with Crippen LogP contribution in [0.5, 0.6) is 11.5 Å². The third-order valence-corrected chi connectivity index (χ3v) is 6.81. The summed E-state index contributed by atoms with van der Waals surface area (Å²) < 4.78 is 10.7. The van der Waals surface area contributed by atoms with Crippen LogP contribution in [-0.4, -0.2) is 44.1 Å². The monoisotopic (exact) mass is 505 g/mol. The van der Waals surface area contributed by atoms with Crippen molar-refractivity contribution in [2.75, 3.05) is 36.7 Å². The number of para-hydroxylation sites is 1. The number of benzene rings is 3. The number of methoxy groups -OCH3 is 2. The quantitative estimate of drug-likeness (QED) is 0.189. The highest BCUT2D eigenvalue weighted by molar-refractivity contribution is 5.50. The van der Waals surface area contributed by atoms with Crippen LogP contribution in [0.2, 0.25) is 0 Å². The Morgan fingerprint density at radius 1 is 0.730 bits per heavy atom. The number of anilines is 3. The van der Waals surface area contributed by atoms with E-state index < -0.39 is 6.10 Å². The maximum absolute atomic E-state index is 11.5. The molecule has 0 radical (unpaired) electrons. The Morgan fingerprint density at radius 2 is 1.27 bits per heavy atom. The van der Waals surface area contributed by atoms with Gasteiger partial charge >= 0.3 is 0 Å². The first-order valence-corrected chi connectivity index (χ1v) is 13.2. The Hall–Kier alpha value is -3.38. The van der Waals surface area contributed by atoms with Crippen molar-refractivity contribution in [1.82, 2.24) is 0 Å². The van der Waals surface area contributed by atoms with Crippen LogP contribution >= 0.6 is 0 Å². The van der Waals surface area contributed by atoms with Gasteiger partial charge in [-0.25, -0.2) is 0 Å². The number of aliphatic hydroxyl groups excluding tert-OH is 1. The largest absolute Gasteiger partial charge is 0.497 e. The van der Waals surface area contributed by atoms with E-state index in [9.17, 15) is 5.11 Å². The molecular formula is C31H43N3O3. The Morgan fingerprint density at radius 3 is 1.78 bits per heavy atom. The zero-order valence-corrected chi connectivity index (χ0v) is 22.8. The maximum Gasteiger partial charge on any atom is 0.119 e. The predicted octanol–water partition coefficient (Wildman–Crippen LogP) is 6.51. The lowest BCUT2D eigenvalue weighted by molar-refractivity contribution is 0.0804. The lowest BCUT2D eigenvalue weighted by Gasteiger charge is -2.39. The van der Waals surface area contributed by atoms with Crippen molar-refractivity contribution >= 4 is 17.1 Å². The van der Waals surface area contributed by atoms with Crippen LogP contribution in [0.15, 0.2) is 78.9 Å². The molecule has 0 aliphatic carbocycles. The second-order valence-corrected chi connectivity index (χ2v) is 9.81. The highest BCUT2D eigenvalue weighted by Gasteiger charge is 2.35. The fourth-order valence-corrected chi connectivity index (χ4v) is 4.66. The molecule has 4 N–H and O–H groups in total. The molecule has 0 saturated heterocycles. The lowest BCUT2D eigenvalue weighted by atomic mass is 9.82. The molecular weight excluding hydrogens is 462 g/mol. The first kappa shape index (κ1) is 28.2. The van der Waals surface area contributed by atoms with E-state index in [0.29, 0.717) is 6.54 Å². The average molecular weight is 506 g/mol. The molecule has 3 aromatic carbocycles. The SMILES string of the molecule is CCC[C@@H](Nc1ccccc1)[C@@H](CNc1ccc(OC)cc1)[C@H](Nc1ccc(OC)cc1)[C@H](O)C(C)C. The van der Waals surface area contributed by atoms with Gasteiger partial charge in [0.15, 0.2) is 0 Å². The molecule has 4 atom stereocenters. The van der Waals surface area contributed by atoms with Gasteiger partial charge in [0.05, 0.1) is 26.4 Å². The highest BCUT2D eigenvalue weighted by Crippen LogP contribution is 2.28. The van der Waals surface area contributed by atoms with Gasteiger partial charge in [-0.2, -0.15) is 0 Å². The van der Waals surface area contributed by atoms with Crippen molar-refractivity contribution in [2.24, 2.45) is 11.8 Å². The summed E-state index contributed by atoms with van der Waals surface area (Å²) >= 11 is 0. The maximum atomic E-state index is 11.5. The molecule has 0 fully saturated rings. The van der Waals surface area contributed by atoms with Crippen LogP contribution in [0.25, 0.3) is 0 Å². The first-order valence-electron chi connectivity index (χ1n) is 13.2. The number of rotatable bonds is 15. The Labute approximate surface area is 222 Å². The summed E-state index contributed by atoms with van der Waals surface area (Å²) in [6.07, 6.45) is 1.44. The van der Waals surface area contributed by atoms with Gasteiger partial charge in [-0.15, -0.1) is 0 Å². The van der Waals surface area contributed by atoms with Crippen molar-refractivity contribution in [3.63, 3.8) is 0 Å². The second kappa shape index (κ2) is 14.4. The van der Waals surface area contributed by atoms with E-state index in [1.807, 2.05) is 66.7 Å². The summed E-state index contributed by atoms with van der Waals surface area (Å²) in [6, 6.07) is 26.1. The third-order valence-electron chi connectivity index (χ3n) is 6.81. The van der Waals surface area contributed by atoms with Crippen LogP contribution in [0.1, 0.15) is 33.6 Å². The van der Waals surface area contributed by atoms with Crippen LogP contribution in [0.3, 0.4) is 0 Å². The number of ether oxygens (including phenoxy) is 2. The fourth-order valence-electron chi connectivity index (χ4n) is 4.66. The minimum Gasteiger partial charge on any atom is -0.497 e. The van der Waals surface area contributed by atoms with Gasteiger partial charge in [0.1, 0.15) is 11.5 Å². The first-order chi connectivity index (χ1) is 17.9. The molecule has 200 valence electrons. The zero-order valence-electron chi connectivity index (χ0n) is 22.8. The minimum absolute atomic E-state index is 0.0572. The predicted molar refractivity (Wildman–Crippen MR) is 155 cm³/mol. The van der Waals surface area contributed by atoms with Crippen molar-refractivity contribution < 1.29 is 14.6 Å². The summed E-state index contributed by atoms with van der Waals surface area (Å²) in [6.45, 7) is 7.02. The molecule has 0 spiro atoms. The van der Waals surface area contributed by atoms with Crippen LogP contribution in [0.4, 0.5) is 17.1 Å². The molecule has 0 saturated carbocycles. The van der Waals surface area contributed by atoms with Crippen LogP contribution in [-0.2, 0) is 0 Å². The van der Waals surface area contributed by atoms with Crippen LogP contribution < -0.4 is 25.4 Å². The van der Waals surface area contributed by atoms with Gasteiger partial charge in [-0.05, 0) is 73.0 Å². The molecule has 0 bridgehead atoms. The number of aliphatic hydroxyl groups is 1. The standard InChI is InChI=1S/C31H43N3O3/c1-6-10-29(33-24-11-8-7-9-12-24)28(21-32-23-13-17-26(36-4)18-14-23)30(31(35)22(2)3)34-25-15-19-27(37-5)20-16-25/h7-9,11-20,22,28-35H,6,10,21H2,1-5H3/t28-,29-,30+,31-/m1/s1. The summed E-state index contributed by atoms with van der Waals surface area (Å²) in [7, 11) is 3.34. The van der Waals surface area contributed by atoms with E-state index in [-0.39, 0.29) is 23.9 Å². The summed E-state index contributed by atoms with van der Waals surface area (Å²) in [4.78, 5) is 0. The van der Waals surface area contributed by atoms with Gasteiger partial charge in [0, 0.05) is 35.6 Å². The lowest BCUT2D eigenvalue weighted by Crippen LogP contribution is -2.51. The summed E-state index contributed by atoms with van der Waals surface area (Å²) in [5.41, 5.74) is 3.05. The molecule has 0 aliphatic heterocycles.